The number of pyridine rings is 2. The summed E-state index contributed by atoms with van der Waals surface area (Å²) in [6, 6.07) is 6.60. The zero-order valence-electron chi connectivity index (χ0n) is 25.6. The van der Waals surface area contributed by atoms with Crippen LogP contribution >= 0.6 is 0 Å². The smallest absolute Gasteiger partial charge is 0.218 e. The molecule has 1 N–H and O–H groups in total. The fourth-order valence-corrected chi connectivity index (χ4v) is 5.15. The molecule has 0 aliphatic carbocycles. The van der Waals surface area contributed by atoms with Crippen molar-refractivity contribution in [2.45, 2.75) is 94.2 Å². The molecule has 1 atom stereocenters. The van der Waals surface area contributed by atoms with Gasteiger partial charge in [0.25, 0.3) is 0 Å². The lowest BCUT2D eigenvalue weighted by molar-refractivity contribution is 0.323. The van der Waals surface area contributed by atoms with E-state index in [9.17, 15) is 0 Å². The molecule has 0 saturated carbocycles. The molecule has 0 amide bonds. The molecule has 0 fully saturated rings. The Hall–Kier alpha value is -3.34. The van der Waals surface area contributed by atoms with Crippen molar-refractivity contribution in [1.29, 1.82) is 0 Å². The standard InChI is InChI=1S/C34H48N4O/c1-10-14-15-16-19-28(25(8)24(7)11-2)29-21-30(36-22-27-18-17-20-35-34(27)39-13-4)33-32(37-29)26(9)31(12-3)38(33)23(5)6/h14-21,23-24H,10-13,22H2,1-9H3,(H,36,37)/b15-14+,19-16-,28-25-. The summed E-state index contributed by atoms with van der Waals surface area (Å²) in [5, 5.41) is 3.77. The lowest BCUT2D eigenvalue weighted by Crippen LogP contribution is -2.10. The number of hydrogen-bond acceptors (Lipinski definition) is 4. The van der Waals surface area contributed by atoms with Crippen LogP contribution in [0.2, 0.25) is 0 Å². The zero-order valence-corrected chi connectivity index (χ0v) is 25.6. The predicted molar refractivity (Wildman–Crippen MR) is 168 cm³/mol. The minimum absolute atomic E-state index is 0.317. The van der Waals surface area contributed by atoms with E-state index in [0.29, 0.717) is 31.0 Å². The Labute approximate surface area is 236 Å². The van der Waals surface area contributed by atoms with Crippen molar-refractivity contribution in [3.8, 4) is 5.88 Å². The van der Waals surface area contributed by atoms with Crippen LogP contribution in [-0.2, 0) is 13.0 Å². The number of aromatic nitrogens is 3. The summed E-state index contributed by atoms with van der Waals surface area (Å²) in [5.41, 5.74) is 10.5. The molecular weight excluding hydrogens is 480 g/mol. The third kappa shape index (κ3) is 6.81. The Morgan fingerprint density at radius 3 is 2.54 bits per heavy atom. The molecule has 0 aliphatic rings. The number of rotatable bonds is 13. The van der Waals surface area contributed by atoms with Gasteiger partial charge in [-0.3, -0.25) is 0 Å². The number of allylic oxidation sites excluding steroid dienone is 6. The number of nitrogens with zero attached hydrogens (tertiary/aromatic N) is 3. The maximum absolute atomic E-state index is 5.82. The van der Waals surface area contributed by atoms with Crippen LogP contribution in [0.15, 0.2) is 54.3 Å². The van der Waals surface area contributed by atoms with Crippen LogP contribution in [0, 0.1) is 12.8 Å². The van der Waals surface area contributed by atoms with Crippen LogP contribution in [-0.4, -0.2) is 21.1 Å². The van der Waals surface area contributed by atoms with Crippen molar-refractivity contribution in [3.05, 3.63) is 76.8 Å². The molecule has 210 valence electrons. The van der Waals surface area contributed by atoms with Gasteiger partial charge in [0, 0.05) is 30.0 Å². The number of nitrogens with one attached hydrogen (secondary N) is 1. The summed E-state index contributed by atoms with van der Waals surface area (Å²) in [5.74, 6) is 1.15. The quantitative estimate of drug-likeness (QED) is 0.225. The highest BCUT2D eigenvalue weighted by Crippen LogP contribution is 2.37. The highest BCUT2D eigenvalue weighted by Gasteiger charge is 2.22. The topological polar surface area (TPSA) is 52.0 Å². The molecule has 3 aromatic heterocycles. The predicted octanol–water partition coefficient (Wildman–Crippen LogP) is 9.24. The number of fused-ring (bicyclic) bond motifs is 1. The molecular formula is C34H48N4O. The van der Waals surface area contributed by atoms with E-state index in [-0.39, 0.29) is 0 Å². The van der Waals surface area contributed by atoms with Crippen molar-refractivity contribution < 1.29 is 4.74 Å². The largest absolute Gasteiger partial charge is 0.478 e. The summed E-state index contributed by atoms with van der Waals surface area (Å²) < 4.78 is 8.28. The van der Waals surface area contributed by atoms with Gasteiger partial charge in [-0.2, -0.15) is 0 Å². The first-order chi connectivity index (χ1) is 18.8. The molecule has 0 spiro atoms. The van der Waals surface area contributed by atoms with Gasteiger partial charge in [0.15, 0.2) is 0 Å². The highest BCUT2D eigenvalue weighted by atomic mass is 16.5. The molecule has 5 nitrogen and oxygen atoms in total. The van der Waals surface area contributed by atoms with Crippen molar-refractivity contribution in [3.63, 3.8) is 0 Å². The van der Waals surface area contributed by atoms with Crippen molar-refractivity contribution in [2.75, 3.05) is 11.9 Å². The summed E-state index contributed by atoms with van der Waals surface area (Å²) in [6.45, 7) is 21.1. The summed E-state index contributed by atoms with van der Waals surface area (Å²) in [4.78, 5) is 9.82. The summed E-state index contributed by atoms with van der Waals surface area (Å²) in [6.07, 6.45) is 13.5. The Balaban J connectivity index is 2.28. The third-order valence-corrected chi connectivity index (χ3v) is 7.56. The molecule has 3 rings (SSSR count). The number of ether oxygens (including phenoxy) is 1. The van der Waals surface area contributed by atoms with Crippen molar-refractivity contribution in [1.82, 2.24) is 14.5 Å². The number of anilines is 1. The average molecular weight is 529 g/mol. The maximum atomic E-state index is 5.82. The second-order valence-electron chi connectivity index (χ2n) is 10.5. The molecule has 1 unspecified atom stereocenters. The normalized spacial score (nSPS) is 13.6. The van der Waals surface area contributed by atoms with Crippen LogP contribution in [0.25, 0.3) is 16.6 Å². The molecule has 0 bridgehead atoms. The van der Waals surface area contributed by atoms with E-state index in [1.54, 1.807) is 6.20 Å². The van der Waals surface area contributed by atoms with Gasteiger partial charge < -0.3 is 14.6 Å². The maximum Gasteiger partial charge on any atom is 0.218 e. The first-order valence-corrected chi connectivity index (χ1v) is 14.7. The number of aryl methyl sites for hydroxylation is 1. The summed E-state index contributed by atoms with van der Waals surface area (Å²) >= 11 is 0. The average Bonchev–Trinajstić information content (AvgIpc) is 3.23. The first-order valence-electron chi connectivity index (χ1n) is 14.7. The van der Waals surface area contributed by atoms with E-state index < -0.39 is 0 Å². The molecule has 3 aromatic rings. The van der Waals surface area contributed by atoms with Gasteiger partial charge in [0.1, 0.15) is 0 Å². The lowest BCUT2D eigenvalue weighted by atomic mass is 9.92. The zero-order chi connectivity index (χ0) is 28.5. The highest BCUT2D eigenvalue weighted by molar-refractivity contribution is 5.95. The van der Waals surface area contributed by atoms with Gasteiger partial charge in [-0.15, -0.1) is 0 Å². The van der Waals surface area contributed by atoms with Crippen LogP contribution in [0.4, 0.5) is 5.69 Å². The second-order valence-corrected chi connectivity index (χ2v) is 10.5. The van der Waals surface area contributed by atoms with Crippen LogP contribution in [0.5, 0.6) is 5.88 Å². The van der Waals surface area contributed by atoms with Crippen LogP contribution < -0.4 is 10.1 Å². The Morgan fingerprint density at radius 1 is 1.13 bits per heavy atom. The minimum Gasteiger partial charge on any atom is -0.478 e. The van der Waals surface area contributed by atoms with E-state index in [1.165, 1.54) is 27.9 Å². The Kier molecular flexibility index (Phi) is 11.0. The molecule has 39 heavy (non-hydrogen) atoms. The summed E-state index contributed by atoms with van der Waals surface area (Å²) in [7, 11) is 0. The van der Waals surface area contributed by atoms with E-state index >= 15 is 0 Å². The van der Waals surface area contributed by atoms with Crippen molar-refractivity contribution in [2.24, 2.45) is 5.92 Å². The first kappa shape index (κ1) is 30.2. The van der Waals surface area contributed by atoms with E-state index in [0.717, 1.165) is 41.7 Å². The van der Waals surface area contributed by atoms with Gasteiger partial charge in [-0.1, -0.05) is 63.6 Å². The van der Waals surface area contributed by atoms with Gasteiger partial charge in [0.2, 0.25) is 5.88 Å². The second kappa shape index (κ2) is 14.2. The van der Waals surface area contributed by atoms with E-state index in [2.05, 4.69) is 107 Å². The van der Waals surface area contributed by atoms with E-state index in [1.807, 2.05) is 13.0 Å². The van der Waals surface area contributed by atoms with E-state index in [4.69, 9.17) is 9.72 Å². The van der Waals surface area contributed by atoms with Crippen molar-refractivity contribution >= 4 is 22.3 Å². The Bertz CT molecular complexity index is 1340. The fraction of sp³-hybridized carbons (Fsp3) is 0.471. The molecule has 0 saturated heterocycles. The van der Waals surface area contributed by atoms with Gasteiger partial charge in [-0.05, 0) is 83.1 Å². The molecule has 0 aromatic carbocycles. The molecule has 0 aliphatic heterocycles. The SMILES string of the molecule is CC/C=C/C=C\C(=C(/C)C(C)CC)c1cc(NCc2cccnc2OCC)c2c(n1)c(C)c(CC)n2C(C)C. The van der Waals surface area contributed by atoms with Gasteiger partial charge in [-0.25, -0.2) is 9.97 Å². The molecule has 0 radical (unpaired) electrons. The van der Waals surface area contributed by atoms with Crippen LogP contribution in [0.1, 0.15) is 96.8 Å². The molecule has 5 heteroatoms. The number of hydrogen-bond donors (Lipinski definition) is 1. The lowest BCUT2D eigenvalue weighted by Gasteiger charge is -2.19. The fourth-order valence-electron chi connectivity index (χ4n) is 5.15. The molecule has 3 heterocycles. The Morgan fingerprint density at radius 2 is 1.90 bits per heavy atom. The van der Waals surface area contributed by atoms with Crippen LogP contribution in [0.3, 0.4) is 0 Å². The minimum atomic E-state index is 0.317. The van der Waals surface area contributed by atoms with Gasteiger partial charge in [0.05, 0.1) is 29.0 Å². The third-order valence-electron chi connectivity index (χ3n) is 7.56. The van der Waals surface area contributed by atoms with Gasteiger partial charge >= 0.3 is 0 Å². The monoisotopic (exact) mass is 528 g/mol.